The number of thioether (sulfide) groups is 1. The molecule has 0 aliphatic carbocycles. The minimum atomic E-state index is -0.651. The van der Waals surface area contributed by atoms with Crippen LogP contribution in [0.4, 0.5) is 0 Å². The van der Waals surface area contributed by atoms with Gasteiger partial charge in [-0.2, -0.15) is 11.8 Å². The van der Waals surface area contributed by atoms with Crippen molar-refractivity contribution in [3.63, 3.8) is 0 Å². The van der Waals surface area contributed by atoms with Gasteiger partial charge in [-0.15, -0.1) is 0 Å². The minimum absolute atomic E-state index is 0.651. The molecular weight excluding hydrogens is 216 g/mol. The van der Waals surface area contributed by atoms with Gasteiger partial charge in [0, 0.05) is 10.8 Å². The number of benzene rings is 1. The van der Waals surface area contributed by atoms with E-state index in [1.165, 1.54) is 0 Å². The Hall–Kier alpha value is -0.180. The van der Waals surface area contributed by atoms with Crippen LogP contribution in [0.15, 0.2) is 18.2 Å². The molecule has 1 aromatic rings. The highest BCUT2D eigenvalue weighted by atomic mass is 35.5. The summed E-state index contributed by atoms with van der Waals surface area (Å²) in [6.07, 6.45) is 0.830. The maximum atomic E-state index is 10.3. The first-order valence-electron chi connectivity index (χ1n) is 4.69. The molecule has 0 radical (unpaired) electrons. The topological polar surface area (TPSA) is 20.2 Å². The maximum Gasteiger partial charge on any atom is 0.0994 e. The summed E-state index contributed by atoms with van der Waals surface area (Å²) in [7, 11) is 0. The molecule has 1 saturated heterocycles. The Balaban J connectivity index is 2.36. The van der Waals surface area contributed by atoms with Gasteiger partial charge in [0.1, 0.15) is 0 Å². The van der Waals surface area contributed by atoms with E-state index >= 15 is 0 Å². The molecule has 14 heavy (non-hydrogen) atoms. The molecule has 1 nitrogen and oxygen atoms in total. The van der Waals surface area contributed by atoms with Crippen molar-refractivity contribution in [1.29, 1.82) is 0 Å². The fourth-order valence-corrected chi connectivity index (χ4v) is 3.12. The van der Waals surface area contributed by atoms with E-state index in [4.69, 9.17) is 11.6 Å². The standard InChI is InChI=1S/C11H13ClOS/c1-8-2-3-9(6-10(8)12)11(13)4-5-14-7-11/h2-3,6,13H,4-5,7H2,1H3. The van der Waals surface area contributed by atoms with Crippen molar-refractivity contribution in [2.24, 2.45) is 0 Å². The molecule has 2 rings (SSSR count). The van der Waals surface area contributed by atoms with Crippen molar-refractivity contribution in [3.05, 3.63) is 34.3 Å². The molecule has 3 heteroatoms. The molecule has 1 aliphatic heterocycles. The lowest BCUT2D eigenvalue weighted by Gasteiger charge is -2.22. The SMILES string of the molecule is Cc1ccc(C2(O)CCSC2)cc1Cl. The molecule has 1 fully saturated rings. The quantitative estimate of drug-likeness (QED) is 0.798. The number of hydrogen-bond acceptors (Lipinski definition) is 2. The summed E-state index contributed by atoms with van der Waals surface area (Å²) in [6, 6.07) is 5.84. The highest BCUT2D eigenvalue weighted by molar-refractivity contribution is 7.99. The summed E-state index contributed by atoms with van der Waals surface area (Å²) in [5.74, 6) is 1.81. The number of rotatable bonds is 1. The summed E-state index contributed by atoms with van der Waals surface area (Å²) in [6.45, 7) is 1.97. The van der Waals surface area contributed by atoms with Crippen molar-refractivity contribution in [2.45, 2.75) is 18.9 Å². The third kappa shape index (κ3) is 1.79. The van der Waals surface area contributed by atoms with Gasteiger partial charge < -0.3 is 5.11 Å². The zero-order valence-corrected chi connectivity index (χ0v) is 9.66. The van der Waals surface area contributed by atoms with Crippen molar-refractivity contribution < 1.29 is 5.11 Å². The second kappa shape index (κ2) is 3.76. The van der Waals surface area contributed by atoms with E-state index in [1.54, 1.807) is 11.8 Å². The molecular formula is C11H13ClOS. The van der Waals surface area contributed by atoms with Gasteiger partial charge in [0.2, 0.25) is 0 Å². The van der Waals surface area contributed by atoms with Crippen molar-refractivity contribution in [2.75, 3.05) is 11.5 Å². The van der Waals surface area contributed by atoms with Crippen molar-refractivity contribution >= 4 is 23.4 Å². The van der Waals surface area contributed by atoms with Crippen LogP contribution in [0.25, 0.3) is 0 Å². The Labute approximate surface area is 93.5 Å². The van der Waals surface area contributed by atoms with E-state index < -0.39 is 5.60 Å². The lowest BCUT2D eigenvalue weighted by molar-refractivity contribution is 0.0658. The van der Waals surface area contributed by atoms with E-state index in [2.05, 4.69) is 0 Å². The van der Waals surface area contributed by atoms with Crippen LogP contribution in [0.2, 0.25) is 5.02 Å². The number of aliphatic hydroxyl groups is 1. The lowest BCUT2D eigenvalue weighted by Crippen LogP contribution is -2.24. The normalized spacial score (nSPS) is 26.8. The lowest BCUT2D eigenvalue weighted by atomic mass is 9.93. The van der Waals surface area contributed by atoms with Crippen molar-refractivity contribution in [1.82, 2.24) is 0 Å². The van der Waals surface area contributed by atoms with Gasteiger partial charge in [-0.1, -0.05) is 23.7 Å². The Morgan fingerprint density at radius 2 is 2.29 bits per heavy atom. The third-order valence-corrected chi connectivity index (χ3v) is 4.29. The smallest absolute Gasteiger partial charge is 0.0994 e. The van der Waals surface area contributed by atoms with Gasteiger partial charge in [-0.3, -0.25) is 0 Å². The molecule has 1 heterocycles. The molecule has 76 valence electrons. The van der Waals surface area contributed by atoms with Crippen LogP contribution >= 0.6 is 23.4 Å². The number of aryl methyl sites for hydroxylation is 1. The number of halogens is 1. The second-order valence-corrected chi connectivity index (χ2v) is 5.31. The predicted molar refractivity (Wildman–Crippen MR) is 62.0 cm³/mol. The van der Waals surface area contributed by atoms with Gasteiger partial charge in [-0.05, 0) is 36.3 Å². The minimum Gasteiger partial charge on any atom is -0.384 e. The summed E-state index contributed by atoms with van der Waals surface area (Å²) in [5.41, 5.74) is 1.37. The maximum absolute atomic E-state index is 10.3. The van der Waals surface area contributed by atoms with Crippen LogP contribution in [0.1, 0.15) is 17.5 Å². The zero-order valence-electron chi connectivity index (χ0n) is 8.09. The van der Waals surface area contributed by atoms with E-state index in [1.807, 2.05) is 25.1 Å². The van der Waals surface area contributed by atoms with Gasteiger partial charge in [-0.25, -0.2) is 0 Å². The van der Waals surface area contributed by atoms with Crippen LogP contribution in [0.5, 0.6) is 0 Å². The first-order valence-corrected chi connectivity index (χ1v) is 6.22. The monoisotopic (exact) mass is 228 g/mol. The largest absolute Gasteiger partial charge is 0.384 e. The molecule has 1 unspecified atom stereocenters. The third-order valence-electron chi connectivity index (χ3n) is 2.71. The zero-order chi connectivity index (χ0) is 10.2. The molecule has 0 spiro atoms. The van der Waals surface area contributed by atoms with Gasteiger partial charge in [0.15, 0.2) is 0 Å². The molecule has 0 amide bonds. The molecule has 1 aliphatic rings. The first-order chi connectivity index (χ1) is 6.62. The van der Waals surface area contributed by atoms with Crippen LogP contribution < -0.4 is 0 Å². The Morgan fingerprint density at radius 3 is 2.86 bits per heavy atom. The average Bonchev–Trinajstić information content (AvgIpc) is 2.58. The van der Waals surface area contributed by atoms with Gasteiger partial charge >= 0.3 is 0 Å². The highest BCUT2D eigenvalue weighted by Gasteiger charge is 2.33. The number of hydrogen-bond donors (Lipinski definition) is 1. The summed E-state index contributed by atoms with van der Waals surface area (Å²) in [4.78, 5) is 0. The highest BCUT2D eigenvalue weighted by Crippen LogP contribution is 2.37. The molecule has 1 aromatic carbocycles. The van der Waals surface area contributed by atoms with Crippen LogP contribution in [0, 0.1) is 6.92 Å². The van der Waals surface area contributed by atoms with E-state index in [0.717, 1.165) is 34.1 Å². The summed E-state index contributed by atoms with van der Waals surface area (Å²) >= 11 is 7.83. The van der Waals surface area contributed by atoms with Crippen LogP contribution in [-0.2, 0) is 5.60 Å². The van der Waals surface area contributed by atoms with E-state index in [-0.39, 0.29) is 0 Å². The molecule has 0 saturated carbocycles. The van der Waals surface area contributed by atoms with Crippen LogP contribution in [0.3, 0.4) is 0 Å². The molecule has 0 bridgehead atoms. The Morgan fingerprint density at radius 1 is 1.50 bits per heavy atom. The molecule has 0 aromatic heterocycles. The molecule has 1 atom stereocenters. The fourth-order valence-electron chi connectivity index (χ4n) is 1.66. The van der Waals surface area contributed by atoms with Crippen molar-refractivity contribution in [3.8, 4) is 0 Å². The van der Waals surface area contributed by atoms with E-state index in [9.17, 15) is 5.11 Å². The van der Waals surface area contributed by atoms with E-state index in [0.29, 0.717) is 0 Å². The first kappa shape index (κ1) is 10.3. The van der Waals surface area contributed by atoms with Gasteiger partial charge in [0.25, 0.3) is 0 Å². The average molecular weight is 229 g/mol. The fraction of sp³-hybridized carbons (Fsp3) is 0.455. The predicted octanol–water partition coefficient (Wildman–Crippen LogP) is 2.97. The van der Waals surface area contributed by atoms with Gasteiger partial charge in [0.05, 0.1) is 5.60 Å². The Kier molecular flexibility index (Phi) is 2.78. The second-order valence-electron chi connectivity index (χ2n) is 3.80. The summed E-state index contributed by atoms with van der Waals surface area (Å²) < 4.78 is 0. The van der Waals surface area contributed by atoms with Crippen LogP contribution in [-0.4, -0.2) is 16.6 Å². The summed E-state index contributed by atoms with van der Waals surface area (Å²) in [5, 5.41) is 11.0. The molecule has 1 N–H and O–H groups in total. The Bertz CT molecular complexity index is 345.